The number of ether oxygens (including phenoxy) is 3. The third-order valence-corrected chi connectivity index (χ3v) is 7.98. The summed E-state index contributed by atoms with van der Waals surface area (Å²) in [4.78, 5) is 18.8. The first-order valence-corrected chi connectivity index (χ1v) is 14.4. The summed E-state index contributed by atoms with van der Waals surface area (Å²) in [6, 6.07) is 12.1. The summed E-state index contributed by atoms with van der Waals surface area (Å²) in [7, 11) is 3.28. The van der Waals surface area contributed by atoms with Gasteiger partial charge in [0.05, 0.1) is 32.9 Å². The number of fused-ring (bicyclic) bond motifs is 1. The van der Waals surface area contributed by atoms with Gasteiger partial charge in [0.25, 0.3) is 5.56 Å². The molecule has 41 heavy (non-hydrogen) atoms. The van der Waals surface area contributed by atoms with Gasteiger partial charge in [0.15, 0.2) is 17.3 Å². The maximum atomic E-state index is 13.3. The van der Waals surface area contributed by atoms with Gasteiger partial charge < -0.3 is 19.2 Å². The van der Waals surface area contributed by atoms with Gasteiger partial charge in [-0.2, -0.15) is 0 Å². The molecule has 4 aromatic rings. The van der Waals surface area contributed by atoms with Gasteiger partial charge in [0.2, 0.25) is 0 Å². The molecule has 1 fully saturated rings. The second-order valence-electron chi connectivity index (χ2n) is 10.9. The number of pyridine rings is 1. The van der Waals surface area contributed by atoms with E-state index < -0.39 is 0 Å². The van der Waals surface area contributed by atoms with Crippen LogP contribution in [0.1, 0.15) is 60.3 Å². The van der Waals surface area contributed by atoms with Crippen LogP contribution in [0.4, 0.5) is 0 Å². The van der Waals surface area contributed by atoms with Crippen molar-refractivity contribution in [3.05, 3.63) is 74.8 Å². The fourth-order valence-corrected chi connectivity index (χ4v) is 5.87. The lowest BCUT2D eigenvalue weighted by molar-refractivity contribution is 0.0893. The Balaban J connectivity index is 1.48. The van der Waals surface area contributed by atoms with Crippen molar-refractivity contribution in [3.8, 4) is 11.5 Å². The van der Waals surface area contributed by atoms with Gasteiger partial charge in [-0.05, 0) is 90.9 Å². The smallest absolute Gasteiger partial charge is 0.252 e. The Bertz CT molecular complexity index is 1540. The average Bonchev–Trinajstić information content (AvgIpc) is 3.65. The molecule has 1 aliphatic heterocycles. The average molecular weight is 561 g/mol. The summed E-state index contributed by atoms with van der Waals surface area (Å²) in [5.74, 6) is 2.18. The third-order valence-electron chi connectivity index (χ3n) is 7.98. The van der Waals surface area contributed by atoms with E-state index in [1.165, 1.54) is 0 Å². The van der Waals surface area contributed by atoms with Gasteiger partial charge >= 0.3 is 0 Å². The zero-order valence-corrected chi connectivity index (χ0v) is 24.6. The highest BCUT2D eigenvalue weighted by Gasteiger charge is 2.28. The molecule has 0 amide bonds. The van der Waals surface area contributed by atoms with E-state index in [2.05, 4.69) is 51.4 Å². The van der Waals surface area contributed by atoms with Crippen molar-refractivity contribution in [1.29, 1.82) is 0 Å². The standard InChI is InChI=1S/C31H40N6O4/c1-6-27(30-33-34-35-37(30)19-24-8-7-13-41-24)36(12-11-22-9-10-28(39-4)29(16-22)40-5)18-23-17-25-21(3)14-20(2)15-26(25)32-31(23)38/h9-10,14-17,24,27H,6-8,11-13,18-19H2,1-5H3,(H,32,38). The molecule has 1 aliphatic rings. The van der Waals surface area contributed by atoms with Gasteiger partial charge in [-0.15, -0.1) is 5.10 Å². The van der Waals surface area contributed by atoms with Crippen LogP contribution >= 0.6 is 0 Å². The molecule has 2 aromatic heterocycles. The lowest BCUT2D eigenvalue weighted by Gasteiger charge is -2.30. The van der Waals surface area contributed by atoms with E-state index in [1.807, 2.05) is 35.9 Å². The second kappa shape index (κ2) is 12.8. The van der Waals surface area contributed by atoms with Gasteiger partial charge in [0.1, 0.15) is 0 Å². The first kappa shape index (κ1) is 28.8. The number of nitrogens with zero attached hydrogens (tertiary/aromatic N) is 5. The van der Waals surface area contributed by atoms with Crippen molar-refractivity contribution < 1.29 is 14.2 Å². The van der Waals surface area contributed by atoms with E-state index in [-0.39, 0.29) is 17.7 Å². The van der Waals surface area contributed by atoms with Gasteiger partial charge in [0, 0.05) is 36.2 Å². The largest absolute Gasteiger partial charge is 0.493 e. The molecule has 2 unspecified atom stereocenters. The van der Waals surface area contributed by atoms with Crippen molar-refractivity contribution in [2.45, 2.75) is 71.7 Å². The second-order valence-corrected chi connectivity index (χ2v) is 10.9. The molecule has 10 heteroatoms. The molecule has 1 saturated heterocycles. The highest BCUT2D eigenvalue weighted by Crippen LogP contribution is 2.30. The highest BCUT2D eigenvalue weighted by molar-refractivity contribution is 5.83. The monoisotopic (exact) mass is 560 g/mol. The highest BCUT2D eigenvalue weighted by atomic mass is 16.5. The third kappa shape index (κ3) is 6.44. The van der Waals surface area contributed by atoms with Crippen molar-refractivity contribution in [2.75, 3.05) is 27.4 Å². The van der Waals surface area contributed by atoms with Crippen molar-refractivity contribution >= 4 is 10.9 Å². The van der Waals surface area contributed by atoms with Crippen LogP contribution in [0.15, 0.2) is 41.2 Å². The van der Waals surface area contributed by atoms with E-state index in [4.69, 9.17) is 14.2 Å². The first-order chi connectivity index (χ1) is 19.9. The summed E-state index contributed by atoms with van der Waals surface area (Å²) in [5.41, 5.74) is 4.88. The minimum atomic E-state index is -0.0965. The number of nitrogens with one attached hydrogen (secondary N) is 1. The molecule has 1 N–H and O–H groups in total. The molecular formula is C31H40N6O4. The zero-order valence-electron chi connectivity index (χ0n) is 24.6. The predicted molar refractivity (Wildman–Crippen MR) is 158 cm³/mol. The Morgan fingerprint density at radius 1 is 1.15 bits per heavy atom. The predicted octanol–water partition coefficient (Wildman–Crippen LogP) is 4.52. The molecule has 2 atom stereocenters. The van der Waals surface area contributed by atoms with Crippen LogP contribution in [-0.4, -0.2) is 63.6 Å². The fourth-order valence-electron chi connectivity index (χ4n) is 5.87. The number of aryl methyl sites for hydroxylation is 2. The number of H-pyrrole nitrogens is 1. The zero-order chi connectivity index (χ0) is 28.9. The normalized spacial score (nSPS) is 16.0. The minimum absolute atomic E-state index is 0.0765. The maximum absolute atomic E-state index is 13.3. The number of hydrogen-bond acceptors (Lipinski definition) is 8. The van der Waals surface area contributed by atoms with Crippen LogP contribution in [0.25, 0.3) is 10.9 Å². The van der Waals surface area contributed by atoms with Crippen molar-refractivity contribution in [3.63, 3.8) is 0 Å². The number of methoxy groups -OCH3 is 2. The maximum Gasteiger partial charge on any atom is 0.252 e. The molecule has 3 heterocycles. The SMILES string of the molecule is CCC(c1nnnn1CC1CCCO1)N(CCc1ccc(OC)c(OC)c1)Cc1cc2c(C)cc(C)cc2[nH]c1=O. The van der Waals surface area contributed by atoms with Crippen LogP contribution in [0.3, 0.4) is 0 Å². The van der Waals surface area contributed by atoms with Crippen molar-refractivity contribution in [1.82, 2.24) is 30.1 Å². The van der Waals surface area contributed by atoms with E-state index in [1.54, 1.807) is 14.2 Å². The molecule has 0 radical (unpaired) electrons. The first-order valence-electron chi connectivity index (χ1n) is 14.4. The molecule has 2 aromatic carbocycles. The Hall–Kier alpha value is -3.76. The Morgan fingerprint density at radius 2 is 1.98 bits per heavy atom. The van der Waals surface area contributed by atoms with Crippen molar-refractivity contribution in [2.24, 2.45) is 0 Å². The summed E-state index contributed by atoms with van der Waals surface area (Å²) in [6.07, 6.45) is 3.70. The number of tetrazole rings is 1. The van der Waals surface area contributed by atoms with Crippen LogP contribution in [-0.2, 0) is 24.2 Å². The summed E-state index contributed by atoms with van der Waals surface area (Å²) in [5, 5.41) is 13.9. The molecule has 0 saturated carbocycles. The van der Waals surface area contributed by atoms with Crippen LogP contribution in [0.2, 0.25) is 0 Å². The van der Waals surface area contributed by atoms with E-state index in [0.29, 0.717) is 36.7 Å². The molecule has 5 rings (SSSR count). The van der Waals surface area contributed by atoms with Crippen LogP contribution < -0.4 is 15.0 Å². The Morgan fingerprint density at radius 3 is 2.71 bits per heavy atom. The van der Waals surface area contributed by atoms with Gasteiger partial charge in [-0.1, -0.05) is 19.1 Å². The Labute approximate surface area is 240 Å². The number of hydrogen-bond donors (Lipinski definition) is 1. The number of rotatable bonds is 12. The lowest BCUT2D eigenvalue weighted by atomic mass is 10.0. The summed E-state index contributed by atoms with van der Waals surface area (Å²) < 4.78 is 18.7. The number of benzene rings is 2. The molecule has 0 aliphatic carbocycles. The molecule has 0 spiro atoms. The van der Waals surface area contributed by atoms with E-state index in [9.17, 15) is 4.79 Å². The molecule has 218 valence electrons. The lowest BCUT2D eigenvalue weighted by Crippen LogP contribution is -2.34. The fraction of sp³-hybridized carbons (Fsp3) is 0.484. The number of aromatic amines is 1. The van der Waals surface area contributed by atoms with Crippen LogP contribution in [0.5, 0.6) is 11.5 Å². The van der Waals surface area contributed by atoms with Gasteiger partial charge in [-0.25, -0.2) is 4.68 Å². The van der Waals surface area contributed by atoms with E-state index >= 15 is 0 Å². The Kier molecular flexibility index (Phi) is 8.99. The summed E-state index contributed by atoms with van der Waals surface area (Å²) >= 11 is 0. The topological polar surface area (TPSA) is 107 Å². The van der Waals surface area contributed by atoms with Crippen LogP contribution in [0, 0.1) is 13.8 Å². The molecule has 10 nitrogen and oxygen atoms in total. The number of aromatic nitrogens is 5. The van der Waals surface area contributed by atoms with Gasteiger partial charge in [-0.3, -0.25) is 9.69 Å². The molecular weight excluding hydrogens is 520 g/mol. The summed E-state index contributed by atoms with van der Waals surface area (Å²) in [6.45, 7) is 8.80. The van der Waals surface area contributed by atoms with E-state index in [0.717, 1.165) is 65.7 Å². The quantitative estimate of drug-likeness (QED) is 0.270. The molecule has 0 bridgehead atoms. The minimum Gasteiger partial charge on any atom is -0.493 e.